The highest BCUT2D eigenvalue weighted by Gasteiger charge is 2.33. The Kier molecular flexibility index (Phi) is 5.59. The Morgan fingerprint density at radius 2 is 1.81 bits per heavy atom. The SMILES string of the molecule is CC1=NN(c2ccc3c(c2)CC(C)(C)C3)C(=O)C1=NNc1cccc(-c2cccc(C(=O)O)c2)c1O. The molecule has 0 radical (unpaired) electrons. The summed E-state index contributed by atoms with van der Waals surface area (Å²) in [6, 6.07) is 17.3. The maximum Gasteiger partial charge on any atom is 0.335 e. The van der Waals surface area contributed by atoms with Crippen LogP contribution in [0.3, 0.4) is 0 Å². The van der Waals surface area contributed by atoms with Gasteiger partial charge in [0, 0.05) is 5.56 Å². The zero-order chi connectivity index (χ0) is 25.6. The quantitative estimate of drug-likeness (QED) is 0.347. The van der Waals surface area contributed by atoms with Crippen LogP contribution in [0.15, 0.2) is 70.9 Å². The first-order chi connectivity index (χ1) is 17.1. The minimum atomic E-state index is -1.05. The zero-order valence-electron chi connectivity index (χ0n) is 20.2. The number of nitrogens with zero attached hydrogens (tertiary/aromatic N) is 3. The molecule has 3 aromatic carbocycles. The zero-order valence-corrected chi connectivity index (χ0v) is 20.2. The average Bonchev–Trinajstić information content (AvgIpc) is 3.31. The molecule has 0 aromatic heterocycles. The number of phenols is 1. The number of hydrogen-bond donors (Lipinski definition) is 3. The molecule has 0 fully saturated rings. The van der Waals surface area contributed by atoms with Gasteiger partial charge in [-0.15, -0.1) is 0 Å². The maximum atomic E-state index is 13.2. The van der Waals surface area contributed by atoms with Gasteiger partial charge < -0.3 is 10.2 Å². The molecule has 36 heavy (non-hydrogen) atoms. The summed E-state index contributed by atoms with van der Waals surface area (Å²) in [6.45, 7) is 6.18. The number of hydrazone groups is 2. The number of rotatable bonds is 5. The van der Waals surface area contributed by atoms with Crippen LogP contribution >= 0.6 is 0 Å². The van der Waals surface area contributed by atoms with Crippen molar-refractivity contribution in [1.82, 2.24) is 0 Å². The van der Waals surface area contributed by atoms with Crippen molar-refractivity contribution in [3.05, 3.63) is 77.4 Å². The molecule has 8 nitrogen and oxygen atoms in total. The highest BCUT2D eigenvalue weighted by Crippen LogP contribution is 2.38. The van der Waals surface area contributed by atoms with Crippen LogP contribution < -0.4 is 10.4 Å². The van der Waals surface area contributed by atoms with E-state index < -0.39 is 5.97 Å². The van der Waals surface area contributed by atoms with Crippen LogP contribution in [0, 0.1) is 5.41 Å². The van der Waals surface area contributed by atoms with Gasteiger partial charge in [-0.2, -0.15) is 15.2 Å². The van der Waals surface area contributed by atoms with Gasteiger partial charge in [-0.05, 0) is 72.2 Å². The molecule has 1 aliphatic heterocycles. The van der Waals surface area contributed by atoms with E-state index in [0.29, 0.717) is 22.5 Å². The molecule has 3 N–H and O–H groups in total. The van der Waals surface area contributed by atoms with E-state index in [2.05, 4.69) is 35.5 Å². The molecule has 1 aliphatic carbocycles. The van der Waals surface area contributed by atoms with Gasteiger partial charge in [0.05, 0.1) is 22.6 Å². The van der Waals surface area contributed by atoms with Gasteiger partial charge in [0.2, 0.25) is 0 Å². The fraction of sp³-hybridized carbons (Fsp3) is 0.214. The van der Waals surface area contributed by atoms with E-state index in [1.165, 1.54) is 28.3 Å². The second-order valence-electron chi connectivity index (χ2n) is 9.93. The molecule has 1 heterocycles. The van der Waals surface area contributed by atoms with Gasteiger partial charge in [0.15, 0.2) is 5.71 Å². The van der Waals surface area contributed by atoms with Crippen molar-refractivity contribution in [2.75, 3.05) is 10.4 Å². The molecule has 0 atom stereocenters. The van der Waals surface area contributed by atoms with Gasteiger partial charge in [-0.25, -0.2) is 4.79 Å². The number of benzene rings is 3. The highest BCUT2D eigenvalue weighted by atomic mass is 16.4. The Hall–Kier alpha value is -4.46. The van der Waals surface area contributed by atoms with Crippen LogP contribution in [0.25, 0.3) is 11.1 Å². The van der Waals surface area contributed by atoms with Crippen LogP contribution in [-0.4, -0.2) is 33.5 Å². The predicted octanol–water partition coefficient (Wildman–Crippen LogP) is 5.07. The Labute approximate surface area is 208 Å². The third kappa shape index (κ3) is 4.22. The third-order valence-corrected chi connectivity index (χ3v) is 6.50. The summed E-state index contributed by atoms with van der Waals surface area (Å²) >= 11 is 0. The van der Waals surface area contributed by atoms with Crippen molar-refractivity contribution in [3.63, 3.8) is 0 Å². The lowest BCUT2D eigenvalue weighted by Crippen LogP contribution is -2.28. The topological polar surface area (TPSA) is 115 Å². The van der Waals surface area contributed by atoms with Crippen molar-refractivity contribution in [2.45, 2.75) is 33.6 Å². The van der Waals surface area contributed by atoms with Gasteiger partial charge in [0.1, 0.15) is 5.75 Å². The summed E-state index contributed by atoms with van der Waals surface area (Å²) in [6.07, 6.45) is 1.97. The molecule has 0 bridgehead atoms. The Morgan fingerprint density at radius 3 is 2.58 bits per heavy atom. The summed E-state index contributed by atoms with van der Waals surface area (Å²) < 4.78 is 0. The monoisotopic (exact) mass is 482 g/mol. The fourth-order valence-electron chi connectivity index (χ4n) is 4.78. The lowest BCUT2D eigenvalue weighted by Gasteiger charge is -2.15. The van der Waals surface area contributed by atoms with Crippen LogP contribution in [0.5, 0.6) is 5.75 Å². The van der Waals surface area contributed by atoms with E-state index in [1.807, 2.05) is 12.1 Å². The van der Waals surface area contributed by atoms with Crippen LogP contribution in [0.1, 0.15) is 42.3 Å². The Balaban J connectivity index is 1.39. The number of anilines is 2. The van der Waals surface area contributed by atoms with E-state index in [4.69, 9.17) is 0 Å². The molecule has 2 aliphatic rings. The van der Waals surface area contributed by atoms with Gasteiger partial charge in [-0.3, -0.25) is 10.2 Å². The van der Waals surface area contributed by atoms with Crippen LogP contribution in [-0.2, 0) is 17.6 Å². The van der Waals surface area contributed by atoms with Gasteiger partial charge in [0.25, 0.3) is 0 Å². The summed E-state index contributed by atoms with van der Waals surface area (Å²) in [7, 11) is 0. The number of aromatic carboxylic acids is 1. The summed E-state index contributed by atoms with van der Waals surface area (Å²) in [4.78, 5) is 24.5. The first kappa shape index (κ1) is 23.3. The average molecular weight is 483 g/mol. The van der Waals surface area contributed by atoms with E-state index in [0.717, 1.165) is 12.8 Å². The number of amides is 1. The highest BCUT2D eigenvalue weighted by molar-refractivity contribution is 6.71. The minimum absolute atomic E-state index is 0.109. The summed E-state index contributed by atoms with van der Waals surface area (Å²) in [5, 5.41) is 30.1. The number of nitrogens with one attached hydrogen (secondary N) is 1. The van der Waals surface area contributed by atoms with Gasteiger partial charge in [-0.1, -0.05) is 44.2 Å². The standard InChI is InChI=1S/C28H26N4O4/c1-16-24(26(34)32(31-16)21-11-10-19-14-28(2,3)15-20(19)13-21)30-29-23-9-5-8-22(25(23)33)17-6-4-7-18(12-17)27(35)36/h4-13,29,33H,14-15H2,1-3H3,(H,35,36). The molecule has 0 unspecified atom stereocenters. The Morgan fingerprint density at radius 1 is 1.06 bits per heavy atom. The van der Waals surface area contributed by atoms with Crippen molar-refractivity contribution in [1.29, 1.82) is 0 Å². The molecule has 5 rings (SSSR count). The molecule has 0 saturated heterocycles. The predicted molar refractivity (Wildman–Crippen MR) is 140 cm³/mol. The van der Waals surface area contributed by atoms with Crippen LogP contribution in [0.4, 0.5) is 11.4 Å². The fourth-order valence-corrected chi connectivity index (χ4v) is 4.78. The van der Waals surface area contributed by atoms with Crippen LogP contribution in [0.2, 0.25) is 0 Å². The molecule has 1 amide bonds. The molecule has 0 spiro atoms. The lowest BCUT2D eigenvalue weighted by molar-refractivity contribution is -0.112. The van der Waals surface area contributed by atoms with E-state index in [-0.39, 0.29) is 34.0 Å². The van der Waals surface area contributed by atoms with Crippen molar-refractivity contribution in [3.8, 4) is 16.9 Å². The summed E-state index contributed by atoms with van der Waals surface area (Å²) in [5.41, 5.74) is 8.20. The smallest absolute Gasteiger partial charge is 0.335 e. The number of carboxylic acid groups (broad SMARTS) is 1. The second-order valence-corrected chi connectivity index (χ2v) is 9.93. The number of fused-ring (bicyclic) bond motifs is 1. The second kappa shape index (κ2) is 8.64. The molecule has 8 heteroatoms. The maximum absolute atomic E-state index is 13.2. The molecular weight excluding hydrogens is 456 g/mol. The number of aromatic hydroxyl groups is 1. The molecule has 3 aromatic rings. The van der Waals surface area contributed by atoms with Crippen molar-refractivity contribution >= 4 is 34.7 Å². The minimum Gasteiger partial charge on any atom is -0.505 e. The normalized spacial score (nSPS) is 17.3. The number of hydrogen-bond acceptors (Lipinski definition) is 6. The molecular formula is C28H26N4O4. The number of carbonyl (C=O) groups excluding carboxylic acids is 1. The number of carbonyl (C=O) groups is 2. The molecule has 0 saturated carbocycles. The number of carboxylic acids is 1. The number of phenolic OH excluding ortho intramolecular Hbond substituents is 1. The van der Waals surface area contributed by atoms with Crippen molar-refractivity contribution < 1.29 is 19.8 Å². The lowest BCUT2D eigenvalue weighted by atomic mass is 9.90. The molecule has 182 valence electrons. The van der Waals surface area contributed by atoms with E-state index in [9.17, 15) is 19.8 Å². The largest absolute Gasteiger partial charge is 0.505 e. The number of para-hydroxylation sites is 1. The Bertz CT molecular complexity index is 1470. The first-order valence-corrected chi connectivity index (χ1v) is 11.6. The first-order valence-electron chi connectivity index (χ1n) is 11.6. The third-order valence-electron chi connectivity index (χ3n) is 6.50. The van der Waals surface area contributed by atoms with Gasteiger partial charge >= 0.3 is 11.9 Å². The summed E-state index contributed by atoms with van der Waals surface area (Å²) in [5.74, 6) is -1.52. The van der Waals surface area contributed by atoms with E-state index >= 15 is 0 Å². The van der Waals surface area contributed by atoms with Crippen molar-refractivity contribution in [2.24, 2.45) is 15.6 Å². The van der Waals surface area contributed by atoms with E-state index in [1.54, 1.807) is 37.3 Å².